The number of hydrogen-bond donors (Lipinski definition) is 2. The molecule has 2 heterocycles. The van der Waals surface area contributed by atoms with Crippen molar-refractivity contribution in [3.05, 3.63) is 0 Å². The Balaban J connectivity index is 0.000000712. The molecule has 11 heteroatoms. The van der Waals surface area contributed by atoms with Gasteiger partial charge in [-0.2, -0.15) is 0 Å². The van der Waals surface area contributed by atoms with E-state index in [1.54, 1.807) is 0 Å². The van der Waals surface area contributed by atoms with Crippen molar-refractivity contribution in [2.24, 2.45) is 0 Å². The smallest absolute Gasteiger partial charge is 0.0654 e. The van der Waals surface area contributed by atoms with Gasteiger partial charge in [0.15, 0.2) is 0 Å². The summed E-state index contributed by atoms with van der Waals surface area (Å²) in [6.45, 7) is 26.2. The van der Waals surface area contributed by atoms with Crippen LogP contribution in [-0.2, 0) is 34.8 Å². The Morgan fingerprint density at radius 1 is 0.352 bits per heavy atom. The molecule has 0 saturated carbocycles. The van der Waals surface area contributed by atoms with Crippen LogP contribution in [0.3, 0.4) is 0 Å². The molecule has 10 nitrogen and oxygen atoms in total. The minimum atomic E-state index is -3.76. The zero-order chi connectivity index (χ0) is 53.1. The molecule has 2 saturated heterocycles. The van der Waals surface area contributed by atoms with Crippen molar-refractivity contribution in [3.63, 3.8) is 0 Å². The third kappa shape index (κ3) is 36.3. The molecule has 0 unspecified atom stereocenters. The normalized spacial score (nSPS) is 17.5. The Labute approximate surface area is 443 Å². The number of unbranched alkanes of at least 4 members (excludes halogenated alkanes) is 23. The van der Waals surface area contributed by atoms with E-state index in [0.717, 1.165) is 124 Å². The van der Waals surface area contributed by atoms with E-state index in [1.807, 2.05) is 0 Å². The van der Waals surface area contributed by atoms with Crippen LogP contribution in [0, 0.1) is 0 Å². The molecule has 0 aliphatic carbocycles. The topological polar surface area (TPSA) is 129 Å². The van der Waals surface area contributed by atoms with Crippen molar-refractivity contribution in [1.29, 1.82) is 0 Å². The first-order valence-electron chi connectivity index (χ1n) is 30.0. The predicted molar refractivity (Wildman–Crippen MR) is 299 cm³/mol. The summed E-state index contributed by atoms with van der Waals surface area (Å²) in [7, 11) is 0. The van der Waals surface area contributed by atoms with Crippen LogP contribution in [0.4, 0.5) is 0 Å². The number of carbonyl (C=O) groups is 4. The van der Waals surface area contributed by atoms with Crippen LogP contribution in [-0.4, -0.2) is 77.4 Å². The van der Waals surface area contributed by atoms with E-state index in [1.165, 1.54) is 89.9 Å². The monoisotopic (exact) mass is 1110 g/mol. The van der Waals surface area contributed by atoms with Gasteiger partial charge in [0, 0.05) is 60.7 Å². The molecule has 0 spiro atoms. The second-order valence-corrected chi connectivity index (χ2v) is 33.9. The molecule has 2 rings (SSSR count). The van der Waals surface area contributed by atoms with Crippen LogP contribution < -0.4 is 10.6 Å². The standard InChI is InChI=1S/C28H52N2O4.2C12H24O2.2C4H9.Sn/c1-25(2)17-21(18-26(3,4)29-25)33-23(31)15-13-11-9-10-12-14-16-24(32)34-22-19-27(5,6)30-28(7,8)20-22;2*1-2-3-4-5-6-7-8-9-10-11-12(13)14;2*1-3-4-2;/h21-22,29-30H,9-20H2,1-8H3;2*2-11H2,1H3,(H,13,14);2*1,3-4H2,2H3;/q;;;;;+2/p-2. The van der Waals surface area contributed by atoms with Gasteiger partial charge in [-0.25, -0.2) is 0 Å². The van der Waals surface area contributed by atoms with Gasteiger partial charge in [-0.15, -0.1) is 0 Å². The van der Waals surface area contributed by atoms with Gasteiger partial charge in [0.05, 0.1) is 0 Å². The fraction of sp³-hybridized carbons (Fsp3) is 0.933. The number of esters is 2. The van der Waals surface area contributed by atoms with Crippen molar-refractivity contribution in [2.45, 2.75) is 357 Å². The zero-order valence-corrected chi connectivity index (χ0v) is 51.6. The van der Waals surface area contributed by atoms with E-state index in [2.05, 4.69) is 93.7 Å². The van der Waals surface area contributed by atoms with Crippen LogP contribution in [0.1, 0.15) is 314 Å². The summed E-state index contributed by atoms with van der Waals surface area (Å²) in [5.41, 5.74) is -0.0559. The van der Waals surface area contributed by atoms with Gasteiger partial charge in [-0.05, 0) is 68.2 Å². The van der Waals surface area contributed by atoms with Crippen molar-refractivity contribution in [3.8, 4) is 0 Å². The van der Waals surface area contributed by atoms with Crippen molar-refractivity contribution >= 4 is 43.1 Å². The molecule has 0 bridgehead atoms. The van der Waals surface area contributed by atoms with Crippen molar-refractivity contribution < 1.29 is 34.8 Å². The predicted octanol–water partition coefficient (Wildman–Crippen LogP) is 16.8. The fourth-order valence-corrected chi connectivity index (χ4v) is 21.3. The summed E-state index contributed by atoms with van der Waals surface area (Å²) in [4.78, 5) is 50.3. The molecule has 71 heavy (non-hydrogen) atoms. The number of piperidine rings is 2. The molecule has 0 aromatic carbocycles. The van der Waals surface area contributed by atoms with E-state index >= 15 is 0 Å². The average Bonchev–Trinajstić information content (AvgIpc) is 3.25. The molecule has 2 aliphatic rings. The summed E-state index contributed by atoms with van der Waals surface area (Å²) >= 11 is -3.76. The molecule has 0 aromatic rings. The Morgan fingerprint density at radius 3 is 0.831 bits per heavy atom. The van der Waals surface area contributed by atoms with Gasteiger partial charge < -0.3 is 20.1 Å². The number of hydrogen-bond acceptors (Lipinski definition) is 10. The maximum absolute atomic E-state index is 12.8. The Hall–Kier alpha value is -1.40. The Bertz CT molecular complexity index is 1280. The Morgan fingerprint density at radius 2 is 0.577 bits per heavy atom. The molecule has 2 N–H and O–H groups in total. The van der Waals surface area contributed by atoms with E-state index in [0.29, 0.717) is 25.7 Å². The second kappa shape index (κ2) is 38.2. The summed E-state index contributed by atoms with van der Waals surface area (Å²) < 4.78 is 25.6. The number of carbonyl (C=O) groups excluding carboxylic acids is 4. The number of ether oxygens (including phenoxy) is 2. The number of nitrogens with one attached hydrogen (secondary N) is 2. The SMILES string of the molecule is CC1(C)CC(OC(=O)CCCCCCCCC(=O)OC2CC(C)(C)NC(C)(C)C2)CC(C)(C)N1.CCCCCCCCCCCC(=O)[O][Sn]([CH2]CCC)([CH2]CCC)[O]C(=O)CCCCCCCCCCC. The average molecular weight is 1110 g/mol. The van der Waals surface area contributed by atoms with E-state index in [-0.39, 0.29) is 58.2 Å². The minimum absolute atomic E-state index is 0.000484. The van der Waals surface area contributed by atoms with Crippen LogP contribution in [0.15, 0.2) is 0 Å². The van der Waals surface area contributed by atoms with Crippen LogP contribution >= 0.6 is 0 Å². The molecular weight excluding hydrogens is 995 g/mol. The molecule has 0 radical (unpaired) electrons. The van der Waals surface area contributed by atoms with Crippen molar-refractivity contribution in [1.82, 2.24) is 10.6 Å². The van der Waals surface area contributed by atoms with Gasteiger partial charge >= 0.3 is 236 Å². The summed E-state index contributed by atoms with van der Waals surface area (Å²) in [5.74, 6) is -0.348. The first-order chi connectivity index (χ1) is 33.6. The van der Waals surface area contributed by atoms with Crippen molar-refractivity contribution in [2.75, 3.05) is 0 Å². The molecule has 0 aromatic heterocycles. The van der Waals surface area contributed by atoms with Crippen LogP contribution in [0.25, 0.3) is 0 Å². The van der Waals surface area contributed by atoms with Gasteiger partial charge in [-0.3, -0.25) is 9.59 Å². The first kappa shape index (κ1) is 67.6. The van der Waals surface area contributed by atoms with Gasteiger partial charge in [0.2, 0.25) is 0 Å². The molecule has 2 fully saturated rings. The quantitative estimate of drug-likeness (QED) is 0.0349. The van der Waals surface area contributed by atoms with Gasteiger partial charge in [0.25, 0.3) is 0 Å². The summed E-state index contributed by atoms with van der Waals surface area (Å²) in [5, 5.41) is 7.25. The summed E-state index contributed by atoms with van der Waals surface area (Å²) in [6, 6.07) is 0. The maximum atomic E-state index is 12.8. The summed E-state index contributed by atoms with van der Waals surface area (Å²) in [6.07, 6.45) is 37.6. The van der Waals surface area contributed by atoms with E-state index in [4.69, 9.17) is 15.6 Å². The van der Waals surface area contributed by atoms with Gasteiger partial charge in [-0.1, -0.05) is 39.5 Å². The molecule has 0 amide bonds. The van der Waals surface area contributed by atoms with E-state index < -0.39 is 19.2 Å². The molecule has 2 aliphatic heterocycles. The van der Waals surface area contributed by atoms with E-state index in [9.17, 15) is 19.2 Å². The van der Waals surface area contributed by atoms with Crippen LogP contribution in [0.5, 0.6) is 0 Å². The Kier molecular flexibility index (Phi) is 36.4. The molecule has 0 atom stereocenters. The fourth-order valence-electron chi connectivity index (χ4n) is 11.3. The second-order valence-electron chi connectivity index (χ2n) is 24.7. The molecular formula is C60H116N2O8Sn. The van der Waals surface area contributed by atoms with Gasteiger partial charge in [0.1, 0.15) is 12.2 Å². The zero-order valence-electron chi connectivity index (χ0n) is 48.8. The van der Waals surface area contributed by atoms with Crippen LogP contribution in [0.2, 0.25) is 8.87 Å². The minimum Gasteiger partial charge on any atom is -0.0654 e. The number of rotatable bonds is 39. The third-order valence-electron chi connectivity index (χ3n) is 14.3. The third-order valence-corrected chi connectivity index (χ3v) is 24.1. The first-order valence-corrected chi connectivity index (χ1v) is 36.4. The molecule has 418 valence electrons.